The van der Waals surface area contributed by atoms with Crippen molar-refractivity contribution in [1.82, 2.24) is 10.3 Å². The molecule has 0 spiro atoms. The van der Waals surface area contributed by atoms with Crippen LogP contribution in [0.1, 0.15) is 35.3 Å². The molecule has 0 radical (unpaired) electrons. The Morgan fingerprint density at radius 1 is 1.17 bits per heavy atom. The Labute approximate surface area is 177 Å². The molecular formula is C25H26N2O3. The number of pyridine rings is 1. The summed E-state index contributed by atoms with van der Waals surface area (Å²) >= 11 is 0. The van der Waals surface area contributed by atoms with Crippen molar-refractivity contribution in [2.75, 3.05) is 6.54 Å². The van der Waals surface area contributed by atoms with Gasteiger partial charge >= 0.3 is 0 Å². The minimum absolute atomic E-state index is 0.0994. The molecule has 154 valence electrons. The number of aromatic nitrogens is 1. The van der Waals surface area contributed by atoms with E-state index >= 15 is 0 Å². The third-order valence-electron chi connectivity index (χ3n) is 5.07. The Kier molecular flexibility index (Phi) is 5.70. The molecule has 0 bridgehead atoms. The van der Waals surface area contributed by atoms with Crippen molar-refractivity contribution in [3.63, 3.8) is 0 Å². The number of aryl methyl sites for hydroxylation is 1. The molecule has 1 atom stereocenters. The third-order valence-corrected chi connectivity index (χ3v) is 5.07. The Morgan fingerprint density at radius 2 is 1.97 bits per heavy atom. The van der Waals surface area contributed by atoms with Gasteiger partial charge in [0, 0.05) is 23.7 Å². The van der Waals surface area contributed by atoms with E-state index < -0.39 is 0 Å². The van der Waals surface area contributed by atoms with Crippen LogP contribution >= 0.6 is 0 Å². The smallest absolute Gasteiger partial charge is 0.251 e. The fourth-order valence-electron chi connectivity index (χ4n) is 3.67. The molecule has 0 saturated heterocycles. The first-order valence-corrected chi connectivity index (χ1v) is 10.3. The highest BCUT2D eigenvalue weighted by Crippen LogP contribution is 2.38. The number of fused-ring (bicyclic) bond motifs is 1. The third kappa shape index (κ3) is 4.30. The standard InChI is InChI=1S/C25H26N2O3/c1-16(2)29-20-11-9-18(10-12-20)25(28)27-15-21-14-19-7-4-8-22(24(19)30-21)23-17(3)6-5-13-26-23/h4-13,16,21H,14-15H2,1-3H3,(H,27,28)/t21-/m1/s1. The molecule has 1 amide bonds. The first-order chi connectivity index (χ1) is 14.5. The molecule has 0 saturated carbocycles. The van der Waals surface area contributed by atoms with Crippen molar-refractivity contribution < 1.29 is 14.3 Å². The van der Waals surface area contributed by atoms with E-state index in [1.165, 1.54) is 0 Å². The van der Waals surface area contributed by atoms with Crippen molar-refractivity contribution in [1.29, 1.82) is 0 Å². The topological polar surface area (TPSA) is 60.5 Å². The molecule has 1 aliphatic rings. The van der Waals surface area contributed by atoms with Gasteiger partial charge in [0.05, 0.1) is 18.3 Å². The second-order valence-electron chi connectivity index (χ2n) is 7.81. The van der Waals surface area contributed by atoms with E-state index in [4.69, 9.17) is 9.47 Å². The van der Waals surface area contributed by atoms with Gasteiger partial charge in [0.1, 0.15) is 17.6 Å². The van der Waals surface area contributed by atoms with E-state index in [0.717, 1.165) is 40.3 Å². The van der Waals surface area contributed by atoms with E-state index in [1.807, 2.05) is 57.2 Å². The second-order valence-corrected chi connectivity index (χ2v) is 7.81. The molecule has 1 aromatic heterocycles. The molecule has 5 heteroatoms. The van der Waals surface area contributed by atoms with Crippen molar-refractivity contribution in [2.45, 2.75) is 39.4 Å². The summed E-state index contributed by atoms with van der Waals surface area (Å²) in [5, 5.41) is 2.99. The van der Waals surface area contributed by atoms with Crippen molar-refractivity contribution in [3.8, 4) is 22.8 Å². The highest BCUT2D eigenvalue weighted by molar-refractivity contribution is 5.94. The van der Waals surface area contributed by atoms with Crippen molar-refractivity contribution in [2.24, 2.45) is 0 Å². The Bertz CT molecular complexity index is 1040. The average Bonchev–Trinajstić information content (AvgIpc) is 3.16. The predicted octanol–water partition coefficient (Wildman–Crippen LogP) is 4.58. The molecule has 0 unspecified atom stereocenters. The number of rotatable bonds is 6. The zero-order valence-corrected chi connectivity index (χ0v) is 17.5. The largest absolute Gasteiger partial charge is 0.491 e. The van der Waals surface area contributed by atoms with Crippen LogP contribution in [0.3, 0.4) is 0 Å². The molecule has 0 fully saturated rings. The number of amides is 1. The van der Waals surface area contributed by atoms with Crippen LogP contribution in [0.25, 0.3) is 11.3 Å². The maximum Gasteiger partial charge on any atom is 0.251 e. The van der Waals surface area contributed by atoms with Crippen LogP contribution in [0.2, 0.25) is 0 Å². The van der Waals surface area contributed by atoms with Gasteiger partial charge in [-0.25, -0.2) is 0 Å². The summed E-state index contributed by atoms with van der Waals surface area (Å²) in [6.45, 7) is 6.44. The number of hydrogen-bond acceptors (Lipinski definition) is 4. The van der Waals surface area contributed by atoms with E-state index in [-0.39, 0.29) is 18.1 Å². The van der Waals surface area contributed by atoms with Crippen LogP contribution in [0.15, 0.2) is 60.8 Å². The maximum atomic E-state index is 12.5. The summed E-state index contributed by atoms with van der Waals surface area (Å²) in [5.74, 6) is 1.51. The number of para-hydroxylation sites is 1. The van der Waals surface area contributed by atoms with Crippen molar-refractivity contribution in [3.05, 3.63) is 77.5 Å². The summed E-state index contributed by atoms with van der Waals surface area (Å²) in [6, 6.07) is 17.3. The first kappa shape index (κ1) is 20.0. The highest BCUT2D eigenvalue weighted by atomic mass is 16.5. The lowest BCUT2D eigenvalue weighted by Gasteiger charge is -2.14. The van der Waals surface area contributed by atoms with Gasteiger partial charge in [-0.2, -0.15) is 0 Å². The minimum atomic E-state index is -0.119. The van der Waals surface area contributed by atoms with Gasteiger partial charge < -0.3 is 14.8 Å². The number of benzene rings is 2. The zero-order valence-electron chi connectivity index (χ0n) is 17.5. The average molecular weight is 402 g/mol. The summed E-state index contributed by atoms with van der Waals surface area (Å²) < 4.78 is 11.8. The number of carbonyl (C=O) groups excluding carboxylic acids is 1. The predicted molar refractivity (Wildman–Crippen MR) is 117 cm³/mol. The van der Waals surface area contributed by atoms with E-state index in [1.54, 1.807) is 18.3 Å². The molecule has 2 aromatic carbocycles. The van der Waals surface area contributed by atoms with Crippen LogP contribution < -0.4 is 14.8 Å². The fraction of sp³-hybridized carbons (Fsp3) is 0.280. The van der Waals surface area contributed by atoms with E-state index in [9.17, 15) is 4.79 Å². The Morgan fingerprint density at radius 3 is 2.70 bits per heavy atom. The summed E-state index contributed by atoms with van der Waals surface area (Å²) in [5.41, 5.74) is 4.79. The molecule has 30 heavy (non-hydrogen) atoms. The number of nitrogens with zero attached hydrogens (tertiary/aromatic N) is 1. The molecule has 1 N–H and O–H groups in total. The lowest BCUT2D eigenvalue weighted by Crippen LogP contribution is -2.34. The molecule has 0 aliphatic carbocycles. The summed E-state index contributed by atoms with van der Waals surface area (Å²) in [6.07, 6.45) is 2.56. The van der Waals surface area contributed by atoms with Crippen LogP contribution in [-0.2, 0) is 6.42 Å². The molecule has 4 rings (SSSR count). The van der Waals surface area contributed by atoms with Crippen LogP contribution in [0.5, 0.6) is 11.5 Å². The Hall–Kier alpha value is -3.34. The number of hydrogen-bond donors (Lipinski definition) is 1. The SMILES string of the molecule is Cc1cccnc1-c1cccc2c1O[C@@H](CNC(=O)c1ccc(OC(C)C)cc1)C2. The molecular weight excluding hydrogens is 376 g/mol. The normalized spacial score (nSPS) is 14.9. The number of nitrogens with one attached hydrogen (secondary N) is 1. The Balaban J connectivity index is 1.40. The summed E-state index contributed by atoms with van der Waals surface area (Å²) in [4.78, 5) is 17.1. The van der Waals surface area contributed by atoms with Gasteiger partial charge in [-0.3, -0.25) is 9.78 Å². The fourth-order valence-corrected chi connectivity index (χ4v) is 3.67. The minimum Gasteiger partial charge on any atom is -0.491 e. The second kappa shape index (κ2) is 8.57. The first-order valence-electron chi connectivity index (χ1n) is 10.3. The van der Waals surface area contributed by atoms with E-state index in [0.29, 0.717) is 12.1 Å². The summed E-state index contributed by atoms with van der Waals surface area (Å²) in [7, 11) is 0. The van der Waals surface area contributed by atoms with Crippen molar-refractivity contribution >= 4 is 5.91 Å². The van der Waals surface area contributed by atoms with Gasteiger partial charge in [-0.05, 0) is 68.3 Å². The lowest BCUT2D eigenvalue weighted by atomic mass is 10.0. The zero-order chi connectivity index (χ0) is 21.1. The van der Waals surface area contributed by atoms with E-state index in [2.05, 4.69) is 16.4 Å². The lowest BCUT2D eigenvalue weighted by molar-refractivity contribution is 0.0933. The highest BCUT2D eigenvalue weighted by Gasteiger charge is 2.27. The monoisotopic (exact) mass is 402 g/mol. The molecule has 5 nitrogen and oxygen atoms in total. The quantitative estimate of drug-likeness (QED) is 0.656. The van der Waals surface area contributed by atoms with Gasteiger partial charge in [-0.15, -0.1) is 0 Å². The number of ether oxygens (including phenoxy) is 2. The van der Waals surface area contributed by atoms with Gasteiger partial charge in [-0.1, -0.05) is 18.2 Å². The van der Waals surface area contributed by atoms with Gasteiger partial charge in [0.25, 0.3) is 5.91 Å². The van der Waals surface area contributed by atoms with Gasteiger partial charge in [0.2, 0.25) is 0 Å². The van der Waals surface area contributed by atoms with Crippen LogP contribution in [-0.4, -0.2) is 29.6 Å². The van der Waals surface area contributed by atoms with Crippen LogP contribution in [0.4, 0.5) is 0 Å². The molecule has 1 aliphatic heterocycles. The molecule has 2 heterocycles. The molecule has 3 aromatic rings. The van der Waals surface area contributed by atoms with Gasteiger partial charge in [0.15, 0.2) is 0 Å². The number of carbonyl (C=O) groups is 1. The maximum absolute atomic E-state index is 12.5. The van der Waals surface area contributed by atoms with Crippen LogP contribution in [0, 0.1) is 6.92 Å².